The lowest BCUT2D eigenvalue weighted by atomic mass is 10.0. The Morgan fingerprint density at radius 1 is 1.38 bits per heavy atom. The Labute approximate surface area is 123 Å². The summed E-state index contributed by atoms with van der Waals surface area (Å²) in [5.74, 6) is -0.176. The lowest BCUT2D eigenvalue weighted by Gasteiger charge is -2.13. The summed E-state index contributed by atoms with van der Waals surface area (Å²) in [5.41, 5.74) is 5.69. The molecule has 1 N–H and O–H groups in total. The zero-order valence-corrected chi connectivity index (χ0v) is 11.8. The molecule has 2 aromatic rings. The molecule has 0 saturated heterocycles. The van der Waals surface area contributed by atoms with E-state index in [9.17, 15) is 4.79 Å². The number of carbonyl (C=O) groups is 1. The van der Waals surface area contributed by atoms with Gasteiger partial charge in [0.15, 0.2) is 0 Å². The number of hydrogen-bond donors (Lipinski definition) is 1. The average Bonchev–Trinajstić information content (AvgIpc) is 2.92. The van der Waals surface area contributed by atoms with Gasteiger partial charge in [-0.3, -0.25) is 14.6 Å². The number of rotatable bonds is 5. The molecule has 2 heterocycles. The summed E-state index contributed by atoms with van der Waals surface area (Å²) in [4.78, 5) is 25.4. The number of nitrogens with one attached hydrogen (secondary N) is 1. The molecule has 6 nitrogen and oxygen atoms in total. The molecule has 1 amide bonds. The maximum absolute atomic E-state index is 11.9. The first-order valence-electron chi connectivity index (χ1n) is 7.15. The lowest BCUT2D eigenvalue weighted by molar-refractivity contribution is -0.135. The molecule has 0 aromatic carbocycles. The van der Waals surface area contributed by atoms with Crippen LogP contribution in [0.4, 0.5) is 0 Å². The van der Waals surface area contributed by atoms with E-state index in [0.717, 1.165) is 30.5 Å². The van der Waals surface area contributed by atoms with Crippen molar-refractivity contribution in [3.05, 3.63) is 47.8 Å². The first-order chi connectivity index (χ1) is 10.3. The molecule has 110 valence electrons. The van der Waals surface area contributed by atoms with Crippen molar-refractivity contribution in [2.24, 2.45) is 0 Å². The molecule has 0 saturated carbocycles. The number of hydrogen-bond acceptors (Lipinski definition) is 4. The van der Waals surface area contributed by atoms with Crippen molar-refractivity contribution in [3.8, 4) is 0 Å². The van der Waals surface area contributed by atoms with Crippen molar-refractivity contribution in [1.82, 2.24) is 20.0 Å². The molecule has 0 atom stereocenters. The van der Waals surface area contributed by atoms with Crippen molar-refractivity contribution >= 4 is 5.91 Å². The van der Waals surface area contributed by atoms with Gasteiger partial charge in [-0.25, -0.2) is 10.5 Å². The molecule has 2 aromatic heterocycles. The molecule has 1 aliphatic rings. The molecule has 0 bridgehead atoms. The van der Waals surface area contributed by atoms with Crippen molar-refractivity contribution in [2.45, 2.75) is 38.8 Å². The Hall–Kier alpha value is -2.21. The van der Waals surface area contributed by atoms with E-state index in [0.29, 0.717) is 6.61 Å². The molecule has 0 unspecified atom stereocenters. The van der Waals surface area contributed by atoms with Crippen LogP contribution < -0.4 is 5.48 Å². The second-order valence-corrected chi connectivity index (χ2v) is 5.15. The number of aromatic nitrogens is 3. The monoisotopic (exact) mass is 286 g/mol. The molecule has 0 aliphatic heterocycles. The van der Waals surface area contributed by atoms with Crippen LogP contribution in [-0.4, -0.2) is 20.4 Å². The van der Waals surface area contributed by atoms with Gasteiger partial charge in [-0.15, -0.1) is 0 Å². The van der Waals surface area contributed by atoms with Gasteiger partial charge in [-0.2, -0.15) is 0 Å². The van der Waals surface area contributed by atoms with Gasteiger partial charge in [0.2, 0.25) is 0 Å². The number of fused-ring (bicyclic) bond motifs is 1. The quantitative estimate of drug-likeness (QED) is 0.844. The van der Waals surface area contributed by atoms with E-state index in [1.54, 1.807) is 18.7 Å². The third-order valence-corrected chi connectivity index (χ3v) is 3.57. The van der Waals surface area contributed by atoms with Crippen molar-refractivity contribution in [3.63, 3.8) is 0 Å². The minimum absolute atomic E-state index is 0.176. The maximum Gasteiger partial charge on any atom is 0.263 e. The van der Waals surface area contributed by atoms with E-state index >= 15 is 0 Å². The van der Waals surface area contributed by atoms with Crippen LogP contribution in [0.5, 0.6) is 0 Å². The van der Waals surface area contributed by atoms with Crippen LogP contribution in [0.2, 0.25) is 0 Å². The fourth-order valence-electron chi connectivity index (χ4n) is 2.54. The summed E-state index contributed by atoms with van der Waals surface area (Å²) >= 11 is 0. The minimum atomic E-state index is -0.176. The normalized spacial score (nSPS) is 13.7. The van der Waals surface area contributed by atoms with E-state index in [-0.39, 0.29) is 12.5 Å². The summed E-state index contributed by atoms with van der Waals surface area (Å²) in [6.07, 6.45) is 9.52. The number of hydroxylamine groups is 1. The van der Waals surface area contributed by atoms with E-state index in [1.165, 1.54) is 12.1 Å². The molecule has 0 radical (unpaired) electrons. The van der Waals surface area contributed by atoms with Crippen molar-refractivity contribution < 1.29 is 9.63 Å². The van der Waals surface area contributed by atoms with Gasteiger partial charge in [-0.1, -0.05) is 6.07 Å². The first kappa shape index (κ1) is 13.8. The van der Waals surface area contributed by atoms with Gasteiger partial charge in [0.25, 0.3) is 5.91 Å². The molecule has 0 spiro atoms. The Bertz CT molecular complexity index is 609. The Morgan fingerprint density at radius 3 is 3.14 bits per heavy atom. The maximum atomic E-state index is 11.9. The molecular formula is C15H18N4O2. The molecule has 21 heavy (non-hydrogen) atoms. The number of pyridine rings is 1. The number of imidazole rings is 1. The number of aryl methyl sites for hydroxylation is 1. The van der Waals surface area contributed by atoms with Gasteiger partial charge in [0.1, 0.15) is 13.2 Å². The molecular weight excluding hydrogens is 268 g/mol. The Balaban J connectivity index is 1.49. The molecule has 1 aliphatic carbocycles. The predicted octanol–water partition coefficient (Wildman–Crippen LogP) is 1.40. The smallest absolute Gasteiger partial charge is 0.263 e. The molecule has 3 rings (SSSR count). The van der Waals surface area contributed by atoms with Crippen LogP contribution in [0.3, 0.4) is 0 Å². The van der Waals surface area contributed by atoms with E-state index in [1.807, 2.05) is 16.7 Å². The van der Waals surface area contributed by atoms with Gasteiger partial charge in [0.05, 0.1) is 12.0 Å². The van der Waals surface area contributed by atoms with E-state index < -0.39 is 0 Å². The van der Waals surface area contributed by atoms with E-state index in [4.69, 9.17) is 4.84 Å². The summed E-state index contributed by atoms with van der Waals surface area (Å²) in [6.45, 7) is 0.553. The van der Waals surface area contributed by atoms with Gasteiger partial charge in [0, 0.05) is 18.1 Å². The first-order valence-corrected chi connectivity index (χ1v) is 7.15. The highest BCUT2D eigenvalue weighted by Gasteiger charge is 2.16. The highest BCUT2D eigenvalue weighted by Crippen LogP contribution is 2.19. The standard InChI is InChI=1S/C15H18N4O2/c20-15(18-21-10-12-4-3-7-16-8-12)9-19-11-17-13-5-1-2-6-14(13)19/h3-4,7-8,11H,1-2,5-6,9-10H2,(H,18,20). The van der Waals surface area contributed by atoms with Crippen LogP contribution >= 0.6 is 0 Å². The second kappa shape index (κ2) is 6.49. The second-order valence-electron chi connectivity index (χ2n) is 5.15. The van der Waals surface area contributed by atoms with Crippen LogP contribution in [0, 0.1) is 0 Å². The third kappa shape index (κ3) is 3.46. The molecule has 0 fully saturated rings. The van der Waals surface area contributed by atoms with Crippen LogP contribution in [-0.2, 0) is 35.6 Å². The predicted molar refractivity (Wildman–Crippen MR) is 76.0 cm³/mol. The Morgan fingerprint density at radius 2 is 2.29 bits per heavy atom. The third-order valence-electron chi connectivity index (χ3n) is 3.57. The highest BCUT2D eigenvalue weighted by molar-refractivity contribution is 5.74. The Kier molecular flexibility index (Phi) is 4.25. The lowest BCUT2D eigenvalue weighted by Crippen LogP contribution is -2.28. The summed E-state index contributed by atoms with van der Waals surface area (Å²) in [7, 11) is 0. The largest absolute Gasteiger partial charge is 0.325 e. The van der Waals surface area contributed by atoms with Crippen molar-refractivity contribution in [2.75, 3.05) is 0 Å². The topological polar surface area (TPSA) is 69.0 Å². The average molecular weight is 286 g/mol. The fourth-order valence-corrected chi connectivity index (χ4v) is 2.54. The summed E-state index contributed by atoms with van der Waals surface area (Å²) in [6, 6.07) is 3.73. The summed E-state index contributed by atoms with van der Waals surface area (Å²) in [5, 5.41) is 0. The van der Waals surface area contributed by atoms with Gasteiger partial charge >= 0.3 is 0 Å². The van der Waals surface area contributed by atoms with Crippen molar-refractivity contribution in [1.29, 1.82) is 0 Å². The number of amides is 1. The van der Waals surface area contributed by atoms with Gasteiger partial charge in [-0.05, 0) is 37.3 Å². The van der Waals surface area contributed by atoms with Crippen LogP contribution in [0.25, 0.3) is 0 Å². The molecule has 6 heteroatoms. The van der Waals surface area contributed by atoms with E-state index in [2.05, 4.69) is 15.4 Å². The zero-order valence-electron chi connectivity index (χ0n) is 11.8. The highest BCUT2D eigenvalue weighted by atomic mass is 16.6. The van der Waals surface area contributed by atoms with Crippen LogP contribution in [0.15, 0.2) is 30.9 Å². The number of nitrogens with zero attached hydrogens (tertiary/aromatic N) is 3. The SMILES string of the molecule is O=C(Cn1cnc2c1CCCC2)NOCc1cccnc1. The van der Waals surface area contributed by atoms with Gasteiger partial charge < -0.3 is 4.57 Å². The zero-order chi connectivity index (χ0) is 14.5. The minimum Gasteiger partial charge on any atom is -0.325 e. The van der Waals surface area contributed by atoms with Crippen LogP contribution in [0.1, 0.15) is 29.8 Å². The number of carbonyl (C=O) groups excluding carboxylic acids is 1. The fraction of sp³-hybridized carbons (Fsp3) is 0.400. The summed E-state index contributed by atoms with van der Waals surface area (Å²) < 4.78 is 1.91.